The predicted octanol–water partition coefficient (Wildman–Crippen LogP) is 7.38. The number of hydrogen-bond donors (Lipinski definition) is 2. The second kappa shape index (κ2) is 12.6. The van der Waals surface area contributed by atoms with Gasteiger partial charge in [0.2, 0.25) is 0 Å². The molecule has 2 N–H and O–H groups in total. The molecule has 6 nitrogen and oxygen atoms in total. The van der Waals surface area contributed by atoms with E-state index in [0.29, 0.717) is 11.1 Å². The first-order valence-corrected chi connectivity index (χ1v) is 15.2. The molecule has 46 heavy (non-hydrogen) atoms. The standard InChI is InChI=1S/C30H27F9N2O4S/c1-5-19-14-21(27(31,29(34,35)36)28(32,33)30(37,38)39)13-17(3)24(19)41-25(42)20-8-11-23(16(2)12-20)26(43)40-15-18-6-9-22(10-7-18)46(4,44)45/h6-14H,5,15H2,1-4H3,(H,40,43)(H,41,42). The number of amides is 2. The summed E-state index contributed by atoms with van der Waals surface area (Å²) in [7, 11) is -3.40. The van der Waals surface area contributed by atoms with Crippen LogP contribution in [0.25, 0.3) is 0 Å². The Bertz CT molecular complexity index is 1750. The van der Waals surface area contributed by atoms with Gasteiger partial charge in [-0.15, -0.1) is 0 Å². The van der Waals surface area contributed by atoms with Crippen LogP contribution in [-0.2, 0) is 28.5 Å². The van der Waals surface area contributed by atoms with Crippen molar-refractivity contribution in [2.75, 3.05) is 11.6 Å². The lowest BCUT2D eigenvalue weighted by molar-refractivity contribution is -0.389. The Kier molecular flexibility index (Phi) is 9.97. The van der Waals surface area contributed by atoms with Gasteiger partial charge in [0, 0.05) is 35.2 Å². The number of anilines is 1. The molecule has 0 aliphatic carbocycles. The fourth-order valence-electron chi connectivity index (χ4n) is 4.61. The smallest absolute Gasteiger partial charge is 0.348 e. The Labute approximate surface area is 257 Å². The third kappa shape index (κ3) is 7.00. The summed E-state index contributed by atoms with van der Waals surface area (Å²) in [6.07, 6.45) is -12.8. The Morgan fingerprint density at radius 2 is 1.35 bits per heavy atom. The molecule has 0 aliphatic heterocycles. The third-order valence-corrected chi connectivity index (χ3v) is 8.28. The average molecular weight is 683 g/mol. The zero-order chi connectivity index (χ0) is 35.0. The Morgan fingerprint density at radius 3 is 1.83 bits per heavy atom. The van der Waals surface area contributed by atoms with Crippen molar-refractivity contribution in [1.29, 1.82) is 0 Å². The van der Waals surface area contributed by atoms with Gasteiger partial charge in [0.15, 0.2) is 9.84 Å². The van der Waals surface area contributed by atoms with E-state index in [1.807, 2.05) is 0 Å². The molecule has 16 heteroatoms. The van der Waals surface area contributed by atoms with E-state index in [4.69, 9.17) is 0 Å². The number of rotatable bonds is 9. The van der Waals surface area contributed by atoms with Gasteiger partial charge in [-0.25, -0.2) is 12.8 Å². The van der Waals surface area contributed by atoms with Crippen molar-refractivity contribution in [3.63, 3.8) is 0 Å². The number of hydrogen-bond acceptors (Lipinski definition) is 4. The molecule has 0 saturated carbocycles. The predicted molar refractivity (Wildman–Crippen MR) is 150 cm³/mol. The summed E-state index contributed by atoms with van der Waals surface area (Å²) in [5.74, 6) is -8.24. The Hall–Kier alpha value is -4.08. The highest BCUT2D eigenvalue weighted by Crippen LogP contribution is 2.58. The maximum Gasteiger partial charge on any atom is 0.457 e. The summed E-state index contributed by atoms with van der Waals surface area (Å²) in [6.45, 7) is 3.86. The molecule has 1 atom stereocenters. The van der Waals surface area contributed by atoms with Crippen LogP contribution < -0.4 is 10.6 Å². The normalized spacial score (nSPS) is 14.0. The number of carbonyl (C=O) groups excluding carboxylic acids is 2. The molecule has 2 amide bonds. The van der Waals surface area contributed by atoms with Crippen LogP contribution >= 0.6 is 0 Å². The van der Waals surface area contributed by atoms with Gasteiger partial charge in [0.05, 0.1) is 4.90 Å². The van der Waals surface area contributed by atoms with Crippen molar-refractivity contribution in [2.24, 2.45) is 0 Å². The zero-order valence-electron chi connectivity index (χ0n) is 24.6. The summed E-state index contributed by atoms with van der Waals surface area (Å²) >= 11 is 0. The van der Waals surface area contributed by atoms with Crippen molar-refractivity contribution in [3.05, 3.63) is 93.5 Å². The minimum absolute atomic E-state index is 0.0447. The Balaban J connectivity index is 1.86. The molecule has 3 aromatic carbocycles. The lowest BCUT2D eigenvalue weighted by Crippen LogP contribution is -2.59. The molecule has 0 aliphatic rings. The van der Waals surface area contributed by atoms with Crippen LogP contribution in [0.15, 0.2) is 59.5 Å². The molecular weight excluding hydrogens is 655 g/mol. The van der Waals surface area contributed by atoms with E-state index in [1.165, 1.54) is 56.3 Å². The fraction of sp³-hybridized carbons (Fsp3) is 0.333. The summed E-state index contributed by atoms with van der Waals surface area (Å²) in [4.78, 5) is 25.9. The van der Waals surface area contributed by atoms with E-state index in [1.54, 1.807) is 0 Å². The average Bonchev–Trinajstić information content (AvgIpc) is 2.94. The van der Waals surface area contributed by atoms with E-state index < -0.39 is 56.7 Å². The first-order valence-electron chi connectivity index (χ1n) is 13.3. The fourth-order valence-corrected chi connectivity index (χ4v) is 5.24. The molecule has 0 spiro atoms. The van der Waals surface area contributed by atoms with E-state index in [0.717, 1.165) is 13.2 Å². The van der Waals surface area contributed by atoms with Crippen LogP contribution in [0.3, 0.4) is 0 Å². The summed E-state index contributed by atoms with van der Waals surface area (Å²) in [5, 5.41) is 5.02. The molecule has 250 valence electrons. The highest BCUT2D eigenvalue weighted by molar-refractivity contribution is 7.90. The summed E-state index contributed by atoms with van der Waals surface area (Å²) < 4.78 is 146. The highest BCUT2D eigenvalue weighted by Gasteiger charge is 2.81. The highest BCUT2D eigenvalue weighted by atomic mass is 32.2. The Morgan fingerprint density at radius 1 is 0.761 bits per heavy atom. The van der Waals surface area contributed by atoms with Crippen LogP contribution in [0.1, 0.15) is 55.5 Å². The molecule has 0 saturated heterocycles. The van der Waals surface area contributed by atoms with Crippen LogP contribution in [0.2, 0.25) is 0 Å². The van der Waals surface area contributed by atoms with Gasteiger partial charge >= 0.3 is 23.9 Å². The molecule has 3 rings (SSSR count). The van der Waals surface area contributed by atoms with Crippen LogP contribution in [0.4, 0.5) is 45.2 Å². The molecular formula is C30H27F9N2O4S. The van der Waals surface area contributed by atoms with E-state index in [9.17, 15) is 53.1 Å². The number of alkyl halides is 9. The third-order valence-electron chi connectivity index (χ3n) is 7.15. The number of carbonyl (C=O) groups is 2. The van der Waals surface area contributed by atoms with Crippen molar-refractivity contribution < 1.29 is 57.5 Å². The van der Waals surface area contributed by atoms with Gasteiger partial charge in [-0.3, -0.25) is 9.59 Å². The van der Waals surface area contributed by atoms with Crippen LogP contribution in [-0.4, -0.2) is 44.8 Å². The van der Waals surface area contributed by atoms with Crippen molar-refractivity contribution >= 4 is 27.3 Å². The minimum Gasteiger partial charge on any atom is -0.348 e. The van der Waals surface area contributed by atoms with Gasteiger partial charge in [0.25, 0.3) is 11.8 Å². The van der Waals surface area contributed by atoms with Gasteiger partial charge in [-0.2, -0.15) is 35.1 Å². The van der Waals surface area contributed by atoms with Crippen LogP contribution in [0, 0.1) is 13.8 Å². The number of sulfone groups is 1. The van der Waals surface area contributed by atoms with Crippen molar-refractivity contribution in [1.82, 2.24) is 5.32 Å². The lowest BCUT2D eigenvalue weighted by atomic mass is 9.85. The first-order chi connectivity index (χ1) is 21.0. The van der Waals surface area contributed by atoms with E-state index in [-0.39, 0.29) is 52.4 Å². The molecule has 1 unspecified atom stereocenters. The second-order valence-electron chi connectivity index (χ2n) is 10.5. The largest absolute Gasteiger partial charge is 0.457 e. The van der Waals surface area contributed by atoms with Gasteiger partial charge < -0.3 is 10.6 Å². The molecule has 0 radical (unpaired) electrons. The van der Waals surface area contributed by atoms with Crippen molar-refractivity contribution in [2.45, 2.75) is 62.6 Å². The van der Waals surface area contributed by atoms with Gasteiger partial charge in [0.1, 0.15) is 0 Å². The number of aryl methyl sites for hydroxylation is 3. The van der Waals surface area contributed by atoms with Crippen LogP contribution in [0.5, 0.6) is 0 Å². The second-order valence-corrected chi connectivity index (χ2v) is 12.5. The zero-order valence-corrected chi connectivity index (χ0v) is 25.4. The minimum atomic E-state index is -6.88. The van der Waals surface area contributed by atoms with Crippen molar-refractivity contribution in [3.8, 4) is 0 Å². The molecule has 0 fully saturated rings. The maximum absolute atomic E-state index is 15.1. The first kappa shape index (κ1) is 36.4. The monoisotopic (exact) mass is 682 g/mol. The topological polar surface area (TPSA) is 92.3 Å². The van der Waals surface area contributed by atoms with E-state index >= 15 is 4.39 Å². The van der Waals surface area contributed by atoms with E-state index in [2.05, 4.69) is 10.6 Å². The van der Waals surface area contributed by atoms with Gasteiger partial charge in [-0.05, 0) is 78.9 Å². The number of halogens is 9. The SMILES string of the molecule is CCc1cc(C(F)(C(F)(F)F)C(F)(F)C(F)(F)F)cc(C)c1NC(=O)c1ccc(C(=O)NCc2ccc(S(C)(=O)=O)cc2)c(C)c1. The number of nitrogens with one attached hydrogen (secondary N) is 2. The summed E-state index contributed by atoms with van der Waals surface area (Å²) in [5.41, 5.74) is -8.04. The number of benzene rings is 3. The molecule has 0 bridgehead atoms. The lowest BCUT2D eigenvalue weighted by Gasteiger charge is -2.36. The quantitative estimate of drug-likeness (QED) is 0.231. The maximum atomic E-state index is 15.1. The summed E-state index contributed by atoms with van der Waals surface area (Å²) in [6, 6.07) is 10.1. The molecule has 0 heterocycles. The molecule has 3 aromatic rings. The molecule has 0 aromatic heterocycles. The van der Waals surface area contributed by atoms with Gasteiger partial charge in [-0.1, -0.05) is 25.1 Å².